The van der Waals surface area contributed by atoms with Gasteiger partial charge in [-0.3, -0.25) is 4.79 Å². The van der Waals surface area contributed by atoms with Gasteiger partial charge in [0, 0.05) is 28.6 Å². The normalized spacial score (nSPS) is 26.3. The van der Waals surface area contributed by atoms with E-state index in [1.807, 2.05) is 24.3 Å². The second kappa shape index (κ2) is 5.73. The van der Waals surface area contributed by atoms with Crippen LogP contribution in [0.25, 0.3) is 0 Å². The molecule has 0 spiro atoms. The summed E-state index contributed by atoms with van der Waals surface area (Å²) in [6, 6.07) is 8.73. The molecule has 4 rings (SSSR count). The van der Waals surface area contributed by atoms with Gasteiger partial charge in [0.2, 0.25) is 6.39 Å². The van der Waals surface area contributed by atoms with Crippen molar-refractivity contribution in [2.75, 3.05) is 0 Å². The predicted octanol–water partition coefficient (Wildman–Crippen LogP) is 1.84. The molecule has 2 aliphatic rings. The smallest absolute Gasteiger partial charge is 0.281 e. The molecule has 6 nitrogen and oxygen atoms in total. The lowest BCUT2D eigenvalue weighted by molar-refractivity contribution is 0.0931. The summed E-state index contributed by atoms with van der Waals surface area (Å²) in [5.74, 6) is -0.00584. The number of nitrogens with zero attached hydrogens (tertiary/aromatic N) is 2. The van der Waals surface area contributed by atoms with Crippen LogP contribution in [0.2, 0.25) is 0 Å². The van der Waals surface area contributed by atoms with Crippen LogP contribution < -0.4 is 10.6 Å². The molecule has 3 unspecified atom stereocenters. The number of fused-ring (bicyclic) bond motifs is 2. The first-order valence-electron chi connectivity index (χ1n) is 7.39. The molecular formula is C15H16N4O2S. The molecule has 1 amide bonds. The van der Waals surface area contributed by atoms with Gasteiger partial charge in [-0.2, -0.15) is 0 Å². The third kappa shape index (κ3) is 2.74. The fraction of sp³-hybridized carbons (Fsp3) is 0.400. The highest BCUT2D eigenvalue weighted by Crippen LogP contribution is 2.29. The van der Waals surface area contributed by atoms with Crippen LogP contribution in [-0.2, 0) is 0 Å². The Bertz CT molecular complexity index is 659. The van der Waals surface area contributed by atoms with E-state index in [0.29, 0.717) is 22.9 Å². The van der Waals surface area contributed by atoms with Crippen LogP contribution in [0.4, 0.5) is 0 Å². The van der Waals surface area contributed by atoms with Gasteiger partial charge in [-0.1, -0.05) is 0 Å². The summed E-state index contributed by atoms with van der Waals surface area (Å²) in [6.07, 6.45) is 4.74. The maximum Gasteiger partial charge on any atom is 0.281 e. The van der Waals surface area contributed by atoms with Crippen molar-refractivity contribution in [1.29, 1.82) is 0 Å². The van der Waals surface area contributed by atoms with Crippen LogP contribution in [0, 0.1) is 0 Å². The van der Waals surface area contributed by atoms with E-state index in [1.165, 1.54) is 24.6 Å². The zero-order valence-corrected chi connectivity index (χ0v) is 12.7. The largest absolute Gasteiger partial charge is 0.419 e. The molecule has 22 heavy (non-hydrogen) atoms. The standard InChI is InChI=1S/C15H16N4O2S/c20-14(18-13-7-10-3-6-12(13)17-10)9-1-4-11(5-2-9)22-15-19-16-8-21-15/h1-2,4-5,8,10,12-13,17H,3,6-7H2,(H,18,20). The van der Waals surface area contributed by atoms with Crippen molar-refractivity contribution in [3.05, 3.63) is 36.2 Å². The number of carbonyl (C=O) groups excluding carboxylic acids is 1. The third-order valence-corrected chi connectivity index (χ3v) is 5.14. The highest BCUT2D eigenvalue weighted by Gasteiger charge is 2.39. The summed E-state index contributed by atoms with van der Waals surface area (Å²) >= 11 is 1.38. The van der Waals surface area contributed by atoms with Crippen LogP contribution in [0.5, 0.6) is 0 Å². The Balaban J connectivity index is 1.38. The van der Waals surface area contributed by atoms with E-state index in [-0.39, 0.29) is 11.9 Å². The SMILES string of the molecule is O=C(NC1CC2CCC1N2)c1ccc(Sc2nnco2)cc1. The van der Waals surface area contributed by atoms with Crippen molar-refractivity contribution in [3.63, 3.8) is 0 Å². The van der Waals surface area contributed by atoms with Crippen LogP contribution in [0.3, 0.4) is 0 Å². The second-order valence-electron chi connectivity index (χ2n) is 5.69. The molecule has 3 atom stereocenters. The van der Waals surface area contributed by atoms with Crippen molar-refractivity contribution in [2.24, 2.45) is 0 Å². The predicted molar refractivity (Wildman–Crippen MR) is 80.7 cm³/mol. The second-order valence-corrected chi connectivity index (χ2v) is 6.72. The molecule has 0 aliphatic carbocycles. The molecule has 0 saturated carbocycles. The maximum atomic E-state index is 12.3. The van der Waals surface area contributed by atoms with Crippen LogP contribution in [0.1, 0.15) is 29.6 Å². The Hall–Kier alpha value is -1.86. The maximum absolute atomic E-state index is 12.3. The van der Waals surface area contributed by atoms with E-state index in [0.717, 1.165) is 17.7 Å². The van der Waals surface area contributed by atoms with E-state index in [4.69, 9.17) is 4.42 Å². The molecule has 2 aromatic rings. The molecule has 1 aromatic heterocycles. The number of carbonyl (C=O) groups is 1. The Morgan fingerprint density at radius 1 is 1.32 bits per heavy atom. The number of amides is 1. The van der Waals surface area contributed by atoms with Crippen LogP contribution in [-0.4, -0.2) is 34.2 Å². The molecule has 1 aromatic carbocycles. The van der Waals surface area contributed by atoms with Gasteiger partial charge in [0.15, 0.2) is 0 Å². The van der Waals surface area contributed by atoms with Gasteiger partial charge in [-0.05, 0) is 55.3 Å². The molecule has 2 saturated heterocycles. The lowest BCUT2D eigenvalue weighted by Gasteiger charge is -2.21. The number of benzene rings is 1. The Labute approximate surface area is 132 Å². The lowest BCUT2D eigenvalue weighted by atomic mass is 9.95. The number of rotatable bonds is 4. The van der Waals surface area contributed by atoms with Gasteiger partial charge in [0.1, 0.15) is 0 Å². The molecule has 2 bridgehead atoms. The minimum atomic E-state index is -0.00584. The molecule has 3 heterocycles. The van der Waals surface area contributed by atoms with E-state index in [2.05, 4.69) is 20.8 Å². The Kier molecular flexibility index (Phi) is 3.59. The first-order valence-corrected chi connectivity index (χ1v) is 8.20. The van der Waals surface area contributed by atoms with Gasteiger partial charge in [-0.15, -0.1) is 10.2 Å². The van der Waals surface area contributed by atoms with E-state index >= 15 is 0 Å². The van der Waals surface area contributed by atoms with Gasteiger partial charge in [0.25, 0.3) is 11.1 Å². The van der Waals surface area contributed by atoms with E-state index < -0.39 is 0 Å². The topological polar surface area (TPSA) is 80.0 Å². The highest BCUT2D eigenvalue weighted by molar-refractivity contribution is 7.99. The number of hydrogen-bond donors (Lipinski definition) is 2. The van der Waals surface area contributed by atoms with Gasteiger partial charge in [-0.25, -0.2) is 0 Å². The van der Waals surface area contributed by atoms with Crippen molar-refractivity contribution >= 4 is 17.7 Å². The minimum absolute atomic E-state index is 0.00584. The average Bonchev–Trinajstić information content (AvgIpc) is 3.25. The molecule has 0 radical (unpaired) electrons. The number of aromatic nitrogens is 2. The molecule has 114 valence electrons. The van der Waals surface area contributed by atoms with Gasteiger partial charge >= 0.3 is 0 Å². The van der Waals surface area contributed by atoms with E-state index in [1.54, 1.807) is 0 Å². The van der Waals surface area contributed by atoms with Crippen molar-refractivity contribution in [3.8, 4) is 0 Å². The molecule has 2 aliphatic heterocycles. The summed E-state index contributed by atoms with van der Waals surface area (Å²) in [4.78, 5) is 13.3. The molecular weight excluding hydrogens is 300 g/mol. The summed E-state index contributed by atoms with van der Waals surface area (Å²) in [6.45, 7) is 0. The molecule has 2 N–H and O–H groups in total. The summed E-state index contributed by atoms with van der Waals surface area (Å²) in [5.41, 5.74) is 0.678. The quantitative estimate of drug-likeness (QED) is 0.896. The number of nitrogens with one attached hydrogen (secondary N) is 2. The average molecular weight is 316 g/mol. The summed E-state index contributed by atoms with van der Waals surface area (Å²) < 4.78 is 5.09. The van der Waals surface area contributed by atoms with Crippen molar-refractivity contribution < 1.29 is 9.21 Å². The lowest BCUT2D eigenvalue weighted by Crippen LogP contribution is -2.42. The zero-order valence-electron chi connectivity index (χ0n) is 11.9. The van der Waals surface area contributed by atoms with Gasteiger partial charge in [0.05, 0.1) is 0 Å². The number of hydrogen-bond acceptors (Lipinski definition) is 6. The zero-order chi connectivity index (χ0) is 14.9. The monoisotopic (exact) mass is 316 g/mol. The molecule has 7 heteroatoms. The Morgan fingerprint density at radius 2 is 2.18 bits per heavy atom. The first-order chi connectivity index (χ1) is 10.8. The minimum Gasteiger partial charge on any atom is -0.419 e. The third-order valence-electron chi connectivity index (χ3n) is 4.28. The summed E-state index contributed by atoms with van der Waals surface area (Å²) in [5, 5.41) is 14.6. The van der Waals surface area contributed by atoms with Crippen LogP contribution in [0.15, 0.2) is 45.2 Å². The van der Waals surface area contributed by atoms with E-state index in [9.17, 15) is 4.79 Å². The molecule has 2 fully saturated rings. The van der Waals surface area contributed by atoms with Crippen LogP contribution >= 0.6 is 11.8 Å². The summed E-state index contributed by atoms with van der Waals surface area (Å²) in [7, 11) is 0. The first kappa shape index (κ1) is 13.8. The van der Waals surface area contributed by atoms with Crippen molar-refractivity contribution in [1.82, 2.24) is 20.8 Å². The highest BCUT2D eigenvalue weighted by atomic mass is 32.2. The Morgan fingerprint density at radius 3 is 2.82 bits per heavy atom. The van der Waals surface area contributed by atoms with Crippen molar-refractivity contribution in [2.45, 2.75) is 47.5 Å². The van der Waals surface area contributed by atoms with Gasteiger partial charge < -0.3 is 15.1 Å². The fourth-order valence-electron chi connectivity index (χ4n) is 3.22. The fourth-order valence-corrected chi connectivity index (χ4v) is 3.87.